The van der Waals surface area contributed by atoms with Crippen LogP contribution in [-0.2, 0) is 0 Å². The molecule has 0 aliphatic heterocycles. The van der Waals surface area contributed by atoms with Crippen LogP contribution in [0, 0.1) is 17.2 Å². The molecule has 0 heterocycles. The van der Waals surface area contributed by atoms with Crippen LogP contribution in [-0.4, -0.2) is 6.54 Å². The van der Waals surface area contributed by atoms with E-state index in [1.54, 1.807) is 6.07 Å². The molecule has 0 spiro atoms. The van der Waals surface area contributed by atoms with Gasteiger partial charge in [0.2, 0.25) is 0 Å². The Bertz CT molecular complexity index is 458. The summed E-state index contributed by atoms with van der Waals surface area (Å²) in [5.74, 6) is 0.290. The minimum atomic E-state index is -0.186. The zero-order chi connectivity index (χ0) is 14.8. The third-order valence-electron chi connectivity index (χ3n) is 4.65. The van der Waals surface area contributed by atoms with Crippen molar-refractivity contribution in [1.29, 1.82) is 0 Å². The predicted octanol–water partition coefficient (Wildman–Crippen LogP) is 5.35. The van der Waals surface area contributed by atoms with Crippen molar-refractivity contribution in [2.75, 3.05) is 6.54 Å². The Kier molecular flexibility index (Phi) is 5.09. The minimum absolute atomic E-state index is 0.0877. The van der Waals surface area contributed by atoms with Crippen LogP contribution in [0.15, 0.2) is 18.2 Å². The van der Waals surface area contributed by atoms with Gasteiger partial charge < -0.3 is 5.32 Å². The summed E-state index contributed by atoms with van der Waals surface area (Å²) in [6.45, 7) is 7.67. The molecule has 2 atom stereocenters. The Morgan fingerprint density at radius 1 is 1.45 bits per heavy atom. The van der Waals surface area contributed by atoms with Crippen LogP contribution in [0.25, 0.3) is 0 Å². The second kappa shape index (κ2) is 6.44. The van der Waals surface area contributed by atoms with E-state index in [0.717, 1.165) is 24.9 Å². The summed E-state index contributed by atoms with van der Waals surface area (Å²) in [5.41, 5.74) is 1.03. The molecule has 0 bridgehead atoms. The minimum Gasteiger partial charge on any atom is -0.310 e. The standard InChI is InChI=1S/C17H25ClFN/c1-4-10-20-16(14-6-5-9-17(14,2)3)13-8-7-12(18)11-15(13)19/h7-8,11,14,16,20H,4-6,9-10H2,1-3H3. The smallest absolute Gasteiger partial charge is 0.129 e. The van der Waals surface area contributed by atoms with Gasteiger partial charge in [0.25, 0.3) is 0 Å². The number of hydrogen-bond acceptors (Lipinski definition) is 1. The van der Waals surface area contributed by atoms with Crippen molar-refractivity contribution in [3.8, 4) is 0 Å². The maximum Gasteiger partial charge on any atom is 0.129 e. The van der Waals surface area contributed by atoms with Gasteiger partial charge in [-0.2, -0.15) is 0 Å². The van der Waals surface area contributed by atoms with Crippen molar-refractivity contribution in [1.82, 2.24) is 5.32 Å². The van der Waals surface area contributed by atoms with Crippen molar-refractivity contribution in [3.63, 3.8) is 0 Å². The molecule has 0 radical (unpaired) electrons. The summed E-state index contributed by atoms with van der Waals surface area (Å²) in [4.78, 5) is 0. The highest BCUT2D eigenvalue weighted by atomic mass is 35.5. The number of halogens is 2. The van der Waals surface area contributed by atoms with Gasteiger partial charge in [0.1, 0.15) is 5.82 Å². The SMILES string of the molecule is CCCNC(c1ccc(Cl)cc1F)C1CCCC1(C)C. The summed E-state index contributed by atoms with van der Waals surface area (Å²) in [7, 11) is 0. The molecule has 1 fully saturated rings. The van der Waals surface area contributed by atoms with E-state index in [2.05, 4.69) is 26.1 Å². The molecule has 1 N–H and O–H groups in total. The summed E-state index contributed by atoms with van der Waals surface area (Å²) in [6, 6.07) is 5.16. The molecule has 3 heteroatoms. The van der Waals surface area contributed by atoms with E-state index in [-0.39, 0.29) is 17.3 Å². The highest BCUT2D eigenvalue weighted by molar-refractivity contribution is 6.30. The average Bonchev–Trinajstić information content (AvgIpc) is 2.72. The van der Waals surface area contributed by atoms with E-state index in [9.17, 15) is 4.39 Å². The Morgan fingerprint density at radius 3 is 2.75 bits per heavy atom. The summed E-state index contributed by atoms with van der Waals surface area (Å²) < 4.78 is 14.3. The molecule has 112 valence electrons. The Balaban J connectivity index is 2.31. The lowest BCUT2D eigenvalue weighted by molar-refractivity contribution is 0.195. The van der Waals surface area contributed by atoms with Gasteiger partial charge in [-0.1, -0.05) is 44.9 Å². The average molecular weight is 298 g/mol. The number of hydrogen-bond donors (Lipinski definition) is 1. The maximum absolute atomic E-state index is 14.3. The first-order chi connectivity index (χ1) is 9.45. The van der Waals surface area contributed by atoms with Gasteiger partial charge in [0, 0.05) is 16.6 Å². The normalized spacial score (nSPS) is 22.9. The lowest BCUT2D eigenvalue weighted by Gasteiger charge is -2.35. The maximum atomic E-state index is 14.3. The topological polar surface area (TPSA) is 12.0 Å². The summed E-state index contributed by atoms with van der Waals surface area (Å²) in [6.07, 6.45) is 4.67. The Morgan fingerprint density at radius 2 is 2.20 bits per heavy atom. The highest BCUT2D eigenvalue weighted by Crippen LogP contribution is 2.49. The van der Waals surface area contributed by atoms with Crippen LogP contribution in [0.3, 0.4) is 0 Å². The molecule has 1 aromatic rings. The van der Waals surface area contributed by atoms with Crippen LogP contribution in [0.4, 0.5) is 4.39 Å². The first-order valence-corrected chi connectivity index (χ1v) is 8.02. The highest BCUT2D eigenvalue weighted by Gasteiger charge is 2.40. The lowest BCUT2D eigenvalue weighted by Crippen LogP contribution is -2.35. The number of benzene rings is 1. The Labute approximate surface area is 126 Å². The van der Waals surface area contributed by atoms with Crippen molar-refractivity contribution in [3.05, 3.63) is 34.6 Å². The molecule has 1 nitrogen and oxygen atoms in total. The predicted molar refractivity (Wildman–Crippen MR) is 83.6 cm³/mol. The van der Waals surface area contributed by atoms with E-state index >= 15 is 0 Å². The largest absolute Gasteiger partial charge is 0.310 e. The first-order valence-electron chi connectivity index (χ1n) is 7.64. The molecular formula is C17H25ClFN. The van der Waals surface area contributed by atoms with Crippen LogP contribution in [0.2, 0.25) is 5.02 Å². The van der Waals surface area contributed by atoms with E-state index in [0.29, 0.717) is 10.9 Å². The first kappa shape index (κ1) is 15.8. The van der Waals surface area contributed by atoms with Crippen molar-refractivity contribution >= 4 is 11.6 Å². The second-order valence-electron chi connectivity index (χ2n) is 6.58. The van der Waals surface area contributed by atoms with E-state index in [1.807, 2.05) is 6.07 Å². The summed E-state index contributed by atoms with van der Waals surface area (Å²) in [5, 5.41) is 4.02. The molecule has 0 saturated heterocycles. The summed E-state index contributed by atoms with van der Waals surface area (Å²) >= 11 is 5.88. The third kappa shape index (κ3) is 3.35. The van der Waals surface area contributed by atoms with E-state index in [4.69, 9.17) is 11.6 Å². The van der Waals surface area contributed by atoms with Crippen molar-refractivity contribution in [2.24, 2.45) is 11.3 Å². The van der Waals surface area contributed by atoms with Crippen LogP contribution < -0.4 is 5.32 Å². The third-order valence-corrected chi connectivity index (χ3v) is 4.89. The molecule has 20 heavy (non-hydrogen) atoms. The van der Waals surface area contributed by atoms with Crippen LogP contribution >= 0.6 is 11.6 Å². The molecule has 2 unspecified atom stereocenters. The molecular weight excluding hydrogens is 273 g/mol. The lowest BCUT2D eigenvalue weighted by atomic mass is 9.75. The van der Waals surface area contributed by atoms with Gasteiger partial charge >= 0.3 is 0 Å². The monoisotopic (exact) mass is 297 g/mol. The van der Waals surface area contributed by atoms with Gasteiger partial charge in [-0.15, -0.1) is 0 Å². The zero-order valence-electron chi connectivity index (χ0n) is 12.7. The molecule has 0 amide bonds. The van der Waals surface area contributed by atoms with Crippen LogP contribution in [0.5, 0.6) is 0 Å². The Hall–Kier alpha value is -0.600. The second-order valence-corrected chi connectivity index (χ2v) is 7.02. The number of rotatable bonds is 5. The molecule has 1 saturated carbocycles. The van der Waals surface area contributed by atoms with E-state index < -0.39 is 0 Å². The van der Waals surface area contributed by atoms with Gasteiger partial charge in [-0.25, -0.2) is 4.39 Å². The molecule has 2 rings (SSSR count). The van der Waals surface area contributed by atoms with Crippen molar-refractivity contribution < 1.29 is 4.39 Å². The molecule has 1 aliphatic carbocycles. The van der Waals surface area contributed by atoms with Crippen LogP contribution in [0.1, 0.15) is 58.1 Å². The quantitative estimate of drug-likeness (QED) is 0.773. The number of nitrogens with one attached hydrogen (secondary N) is 1. The fourth-order valence-electron chi connectivity index (χ4n) is 3.49. The molecule has 0 aromatic heterocycles. The fraction of sp³-hybridized carbons (Fsp3) is 0.647. The van der Waals surface area contributed by atoms with E-state index in [1.165, 1.54) is 18.9 Å². The van der Waals surface area contributed by atoms with Gasteiger partial charge in [-0.05, 0) is 49.3 Å². The zero-order valence-corrected chi connectivity index (χ0v) is 13.4. The molecule has 1 aliphatic rings. The van der Waals surface area contributed by atoms with Gasteiger partial charge in [-0.3, -0.25) is 0 Å². The van der Waals surface area contributed by atoms with Crippen molar-refractivity contribution in [2.45, 2.75) is 52.5 Å². The van der Waals surface area contributed by atoms with Gasteiger partial charge in [0.05, 0.1) is 0 Å². The molecule has 1 aromatic carbocycles. The van der Waals surface area contributed by atoms with Gasteiger partial charge in [0.15, 0.2) is 0 Å². The fourth-order valence-corrected chi connectivity index (χ4v) is 3.65.